The van der Waals surface area contributed by atoms with Gasteiger partial charge in [0.05, 0.1) is 12.6 Å². The van der Waals surface area contributed by atoms with E-state index in [9.17, 15) is 29.1 Å². The Bertz CT molecular complexity index is 886. The van der Waals surface area contributed by atoms with Crippen molar-refractivity contribution >= 4 is 29.8 Å². The van der Waals surface area contributed by atoms with Crippen molar-refractivity contribution in [2.75, 3.05) is 13.2 Å². The van der Waals surface area contributed by atoms with E-state index in [0.717, 1.165) is 5.56 Å². The van der Waals surface area contributed by atoms with Gasteiger partial charge >= 0.3 is 23.9 Å². The van der Waals surface area contributed by atoms with Crippen molar-refractivity contribution in [2.45, 2.75) is 57.7 Å². The van der Waals surface area contributed by atoms with Gasteiger partial charge in [0.25, 0.3) is 0 Å². The summed E-state index contributed by atoms with van der Waals surface area (Å²) in [6.07, 6.45) is 3.40. The monoisotopic (exact) mass is 492 g/mol. The average Bonchev–Trinajstić information content (AvgIpc) is 3.31. The highest BCUT2D eigenvalue weighted by molar-refractivity contribution is 5.89. The second kappa shape index (κ2) is 15.2. The molecule has 1 fully saturated rings. The number of ether oxygens (including phenoxy) is 1. The Hall–Kier alpha value is -3.73. The van der Waals surface area contributed by atoms with Gasteiger partial charge in [0.2, 0.25) is 5.91 Å². The molecule has 1 saturated heterocycles. The number of hydrogen-bond acceptors (Lipinski definition) is 7. The van der Waals surface area contributed by atoms with Crippen LogP contribution in [0.5, 0.6) is 0 Å². The molecule has 11 heteroatoms. The molecule has 0 unspecified atom stereocenters. The zero-order chi connectivity index (χ0) is 26.4. The van der Waals surface area contributed by atoms with Crippen molar-refractivity contribution in [3.63, 3.8) is 0 Å². The first-order chi connectivity index (χ1) is 16.6. The summed E-state index contributed by atoms with van der Waals surface area (Å²) in [6.45, 7) is 4.09. The lowest BCUT2D eigenvalue weighted by Crippen LogP contribution is -2.53. The molecule has 0 spiro atoms. The average molecular weight is 493 g/mol. The van der Waals surface area contributed by atoms with Gasteiger partial charge in [-0.2, -0.15) is 0 Å². The van der Waals surface area contributed by atoms with Crippen molar-refractivity contribution < 1.29 is 44.0 Å². The molecule has 35 heavy (non-hydrogen) atoms. The highest BCUT2D eigenvalue weighted by Crippen LogP contribution is 2.19. The van der Waals surface area contributed by atoms with E-state index in [2.05, 4.69) is 5.32 Å². The van der Waals surface area contributed by atoms with Crippen LogP contribution in [0.25, 0.3) is 0 Å². The van der Waals surface area contributed by atoms with E-state index in [0.29, 0.717) is 44.4 Å². The van der Waals surface area contributed by atoms with Gasteiger partial charge in [0.15, 0.2) is 0 Å². The number of hydrogen-bond donors (Lipinski definition) is 4. The maximum atomic E-state index is 12.7. The molecule has 1 heterocycles. The fraction of sp³-hybridized carbons (Fsp3) is 0.458. The van der Waals surface area contributed by atoms with E-state index in [1.807, 2.05) is 30.3 Å². The molecule has 0 aromatic heterocycles. The third-order valence-corrected chi connectivity index (χ3v) is 5.15. The van der Waals surface area contributed by atoms with Crippen LogP contribution in [-0.2, 0) is 35.1 Å². The first kappa shape index (κ1) is 29.3. The number of rotatable bonds is 11. The Morgan fingerprint density at radius 2 is 1.69 bits per heavy atom. The lowest BCUT2D eigenvalue weighted by Gasteiger charge is -2.27. The molecule has 4 N–H and O–H groups in total. The number of carbonyl (C=O) groups excluding carboxylic acids is 2. The van der Waals surface area contributed by atoms with Gasteiger partial charge in [-0.1, -0.05) is 30.3 Å². The zero-order valence-corrected chi connectivity index (χ0v) is 19.8. The van der Waals surface area contributed by atoms with Gasteiger partial charge in [0, 0.05) is 18.7 Å². The first-order valence-corrected chi connectivity index (χ1v) is 11.2. The van der Waals surface area contributed by atoms with Crippen molar-refractivity contribution in [1.29, 1.82) is 0 Å². The summed E-state index contributed by atoms with van der Waals surface area (Å²) in [6, 6.07) is 7.69. The topological polar surface area (TPSA) is 171 Å². The van der Waals surface area contributed by atoms with Crippen LogP contribution in [0.2, 0.25) is 0 Å². The summed E-state index contributed by atoms with van der Waals surface area (Å²) in [7, 11) is 0. The van der Waals surface area contributed by atoms with Gasteiger partial charge in [0.1, 0.15) is 12.1 Å². The van der Waals surface area contributed by atoms with Gasteiger partial charge in [-0.05, 0) is 45.1 Å². The van der Waals surface area contributed by atoms with Crippen LogP contribution in [0.3, 0.4) is 0 Å². The maximum absolute atomic E-state index is 12.7. The third kappa shape index (κ3) is 10.8. The number of carbonyl (C=O) groups is 5. The Labute approximate surface area is 203 Å². The van der Waals surface area contributed by atoms with E-state index < -0.39 is 42.0 Å². The van der Waals surface area contributed by atoms with E-state index in [1.165, 1.54) is 4.90 Å². The molecule has 3 atom stereocenters. The van der Waals surface area contributed by atoms with E-state index in [4.69, 9.17) is 14.9 Å². The molecule has 2 rings (SSSR count). The quantitative estimate of drug-likeness (QED) is 0.261. The molecular formula is C24H32N2O9. The van der Waals surface area contributed by atoms with E-state index in [1.54, 1.807) is 13.8 Å². The van der Waals surface area contributed by atoms with Crippen LogP contribution in [0.1, 0.15) is 38.7 Å². The van der Waals surface area contributed by atoms with E-state index >= 15 is 0 Å². The number of nitrogens with zero attached hydrogens (tertiary/aromatic N) is 1. The van der Waals surface area contributed by atoms with Crippen molar-refractivity contribution in [3.05, 3.63) is 48.0 Å². The predicted molar refractivity (Wildman–Crippen MR) is 125 cm³/mol. The predicted octanol–water partition coefficient (Wildman–Crippen LogP) is 1.32. The first-order valence-electron chi connectivity index (χ1n) is 11.2. The molecule has 192 valence electrons. The smallest absolute Gasteiger partial charge is 0.328 e. The number of esters is 1. The van der Waals surface area contributed by atoms with Gasteiger partial charge in [-0.3, -0.25) is 14.9 Å². The standard InChI is InChI=1S/C20H28N2O5.C4H4O4/c1-3-27-20(26)16(12-11-15-8-5-4-6-9-15)21-14(2)18(23)22-13-7-10-17(22)19(24)25;5-3(6)1-2-4(7)8/h4-6,8-9,14,16-17,21H,3,7,10-13H2,1-2H3,(H,24,25);1-2H,(H,5,6)(H,7,8)/t14-,16+,17-;/m0./s1. The van der Waals surface area contributed by atoms with Gasteiger partial charge in [-0.15, -0.1) is 0 Å². The fourth-order valence-electron chi connectivity index (χ4n) is 3.52. The number of amides is 1. The Kier molecular flexibility index (Phi) is 12.7. The van der Waals surface area contributed by atoms with Crippen LogP contribution in [0.4, 0.5) is 0 Å². The fourth-order valence-corrected chi connectivity index (χ4v) is 3.52. The number of carboxylic acids is 3. The normalized spacial score (nSPS) is 16.6. The molecule has 1 amide bonds. The summed E-state index contributed by atoms with van der Waals surface area (Å²) in [5, 5.41) is 27.9. The molecule has 0 radical (unpaired) electrons. The summed E-state index contributed by atoms with van der Waals surface area (Å²) < 4.78 is 5.14. The Morgan fingerprint density at radius 1 is 1.09 bits per heavy atom. The molecule has 1 aliphatic rings. The SMILES string of the molecule is CCOC(=O)[C@@H](CCc1ccccc1)N[C@@H](C)C(=O)N1CCC[C@H]1C(=O)O.O=C(O)C=CC(=O)O. The van der Waals surface area contributed by atoms with Gasteiger partial charge < -0.3 is 25.0 Å². The van der Waals surface area contributed by atoms with E-state index in [-0.39, 0.29) is 12.5 Å². The molecule has 1 aromatic carbocycles. The third-order valence-electron chi connectivity index (χ3n) is 5.15. The summed E-state index contributed by atoms with van der Waals surface area (Å²) in [4.78, 5) is 56.8. The Morgan fingerprint density at radius 3 is 2.20 bits per heavy atom. The summed E-state index contributed by atoms with van der Waals surface area (Å²) >= 11 is 0. The molecule has 11 nitrogen and oxygen atoms in total. The zero-order valence-electron chi connectivity index (χ0n) is 19.8. The molecule has 0 saturated carbocycles. The molecule has 1 aromatic rings. The minimum Gasteiger partial charge on any atom is -0.480 e. The highest BCUT2D eigenvalue weighted by atomic mass is 16.5. The van der Waals surface area contributed by atoms with Crippen LogP contribution < -0.4 is 5.32 Å². The summed E-state index contributed by atoms with van der Waals surface area (Å²) in [5.74, 6) is -4.20. The molecular weight excluding hydrogens is 460 g/mol. The second-order valence-corrected chi connectivity index (χ2v) is 7.75. The Balaban J connectivity index is 0.000000658. The second-order valence-electron chi connectivity index (χ2n) is 7.75. The van der Waals surface area contributed by atoms with Crippen LogP contribution in [0, 0.1) is 0 Å². The maximum Gasteiger partial charge on any atom is 0.328 e. The molecule has 0 bridgehead atoms. The van der Waals surface area contributed by atoms with Crippen LogP contribution >= 0.6 is 0 Å². The van der Waals surface area contributed by atoms with Crippen molar-refractivity contribution in [3.8, 4) is 0 Å². The largest absolute Gasteiger partial charge is 0.480 e. The number of benzene rings is 1. The minimum absolute atomic E-state index is 0.262. The number of carboxylic acid groups (broad SMARTS) is 3. The lowest BCUT2D eigenvalue weighted by atomic mass is 10.0. The van der Waals surface area contributed by atoms with Gasteiger partial charge in [-0.25, -0.2) is 14.4 Å². The molecule has 1 aliphatic heterocycles. The number of aryl methyl sites for hydroxylation is 1. The minimum atomic E-state index is -1.26. The number of aliphatic carboxylic acids is 3. The van der Waals surface area contributed by atoms with Crippen molar-refractivity contribution in [1.82, 2.24) is 10.2 Å². The lowest BCUT2D eigenvalue weighted by molar-refractivity contribution is -0.150. The van der Waals surface area contributed by atoms with Crippen LogP contribution in [0.15, 0.2) is 42.5 Å². The molecule has 0 aliphatic carbocycles. The summed E-state index contributed by atoms with van der Waals surface area (Å²) in [5.41, 5.74) is 1.10. The number of nitrogens with one attached hydrogen (secondary N) is 1. The van der Waals surface area contributed by atoms with Crippen molar-refractivity contribution in [2.24, 2.45) is 0 Å². The number of likely N-dealkylation sites (tertiary alicyclic amines) is 1. The highest BCUT2D eigenvalue weighted by Gasteiger charge is 2.36. The van der Waals surface area contributed by atoms with Crippen LogP contribution in [-0.4, -0.2) is 81.3 Å².